The second-order valence-corrected chi connectivity index (χ2v) is 5.42. The van der Waals surface area contributed by atoms with Crippen LogP contribution in [0.15, 0.2) is 28.8 Å². The Bertz CT molecular complexity index is 569. The van der Waals surface area contributed by atoms with Crippen LogP contribution in [0.25, 0.3) is 0 Å². The molecule has 2 unspecified atom stereocenters. The number of aromatic nitrogens is 2. The van der Waals surface area contributed by atoms with E-state index in [4.69, 9.17) is 16.1 Å². The maximum absolute atomic E-state index is 6.13. The summed E-state index contributed by atoms with van der Waals surface area (Å²) in [5, 5.41) is 8.17. The van der Waals surface area contributed by atoms with Gasteiger partial charge in [0.15, 0.2) is 5.82 Å². The van der Waals surface area contributed by atoms with E-state index in [2.05, 4.69) is 22.4 Å². The summed E-state index contributed by atoms with van der Waals surface area (Å²) in [5.41, 5.74) is 1.02. The van der Waals surface area contributed by atoms with Crippen molar-refractivity contribution in [3.8, 4) is 0 Å². The maximum atomic E-state index is 6.13. The Morgan fingerprint density at radius 3 is 3.00 bits per heavy atom. The molecule has 1 aromatic heterocycles. The Labute approximate surface area is 117 Å². The molecule has 2 aromatic rings. The lowest BCUT2D eigenvalue weighted by atomic mass is 10.0. The SMILES string of the molecule is CC1CCNC1c1nc(Cc2ccccc2Cl)no1. The second kappa shape index (κ2) is 5.31. The van der Waals surface area contributed by atoms with E-state index in [1.54, 1.807) is 0 Å². The standard InChI is InChI=1S/C14H16ClN3O/c1-9-6-7-16-13(9)14-17-12(18-19-14)8-10-4-2-3-5-11(10)15/h2-5,9,13,16H,6-8H2,1H3. The van der Waals surface area contributed by atoms with Gasteiger partial charge in [-0.1, -0.05) is 41.9 Å². The molecule has 2 heterocycles. The van der Waals surface area contributed by atoms with E-state index in [0.717, 1.165) is 23.6 Å². The van der Waals surface area contributed by atoms with Gasteiger partial charge in [-0.2, -0.15) is 4.98 Å². The van der Waals surface area contributed by atoms with Gasteiger partial charge in [0.1, 0.15) is 0 Å². The molecular weight excluding hydrogens is 262 g/mol. The summed E-state index contributed by atoms with van der Waals surface area (Å²) >= 11 is 6.13. The fourth-order valence-corrected chi connectivity index (χ4v) is 2.65. The zero-order valence-electron chi connectivity index (χ0n) is 10.8. The van der Waals surface area contributed by atoms with Gasteiger partial charge in [0, 0.05) is 11.4 Å². The molecule has 19 heavy (non-hydrogen) atoms. The number of halogens is 1. The highest BCUT2D eigenvalue weighted by Gasteiger charge is 2.29. The van der Waals surface area contributed by atoms with Gasteiger partial charge in [0.2, 0.25) is 5.89 Å². The van der Waals surface area contributed by atoms with Crippen LogP contribution in [0, 0.1) is 5.92 Å². The molecule has 1 aromatic carbocycles. The summed E-state index contributed by atoms with van der Waals surface area (Å²) in [7, 11) is 0. The zero-order valence-corrected chi connectivity index (χ0v) is 11.5. The molecular formula is C14H16ClN3O. The molecule has 1 N–H and O–H groups in total. The van der Waals surface area contributed by atoms with Gasteiger partial charge >= 0.3 is 0 Å². The van der Waals surface area contributed by atoms with Gasteiger partial charge < -0.3 is 9.84 Å². The molecule has 4 nitrogen and oxygen atoms in total. The summed E-state index contributed by atoms with van der Waals surface area (Å²) in [5.74, 6) is 1.91. The summed E-state index contributed by atoms with van der Waals surface area (Å²) in [6, 6.07) is 7.92. The van der Waals surface area contributed by atoms with E-state index in [1.807, 2.05) is 24.3 Å². The molecule has 5 heteroatoms. The lowest BCUT2D eigenvalue weighted by Gasteiger charge is -2.09. The van der Waals surface area contributed by atoms with Crippen molar-refractivity contribution in [3.05, 3.63) is 46.6 Å². The third kappa shape index (κ3) is 2.65. The smallest absolute Gasteiger partial charge is 0.244 e. The van der Waals surface area contributed by atoms with Crippen LogP contribution in [0.3, 0.4) is 0 Å². The van der Waals surface area contributed by atoms with Crippen LogP contribution in [0.2, 0.25) is 5.02 Å². The van der Waals surface area contributed by atoms with E-state index in [-0.39, 0.29) is 6.04 Å². The molecule has 100 valence electrons. The minimum atomic E-state index is 0.187. The second-order valence-electron chi connectivity index (χ2n) is 5.01. The fourth-order valence-electron chi connectivity index (χ4n) is 2.44. The Balaban J connectivity index is 1.77. The largest absolute Gasteiger partial charge is 0.338 e. The van der Waals surface area contributed by atoms with E-state index in [9.17, 15) is 0 Å². The minimum Gasteiger partial charge on any atom is -0.338 e. The summed E-state index contributed by atoms with van der Waals surface area (Å²) < 4.78 is 5.36. The highest BCUT2D eigenvalue weighted by Crippen LogP contribution is 2.28. The predicted molar refractivity (Wildman–Crippen MR) is 73.1 cm³/mol. The maximum Gasteiger partial charge on any atom is 0.244 e. The minimum absolute atomic E-state index is 0.187. The lowest BCUT2D eigenvalue weighted by molar-refractivity contribution is 0.317. The third-order valence-electron chi connectivity index (χ3n) is 3.59. The first-order valence-electron chi connectivity index (χ1n) is 6.53. The Morgan fingerprint density at radius 1 is 1.42 bits per heavy atom. The van der Waals surface area contributed by atoms with Crippen LogP contribution in [0.5, 0.6) is 0 Å². The van der Waals surface area contributed by atoms with Crippen molar-refractivity contribution in [3.63, 3.8) is 0 Å². The van der Waals surface area contributed by atoms with Crippen molar-refractivity contribution < 1.29 is 4.52 Å². The van der Waals surface area contributed by atoms with Gasteiger partial charge in [-0.3, -0.25) is 0 Å². The van der Waals surface area contributed by atoms with Crippen molar-refractivity contribution in [1.82, 2.24) is 15.5 Å². The number of nitrogens with zero attached hydrogens (tertiary/aromatic N) is 2. The van der Waals surface area contributed by atoms with Crippen molar-refractivity contribution in [1.29, 1.82) is 0 Å². The third-order valence-corrected chi connectivity index (χ3v) is 3.96. The van der Waals surface area contributed by atoms with Gasteiger partial charge in [0.05, 0.1) is 6.04 Å². The highest BCUT2D eigenvalue weighted by molar-refractivity contribution is 6.31. The number of hydrogen-bond donors (Lipinski definition) is 1. The van der Waals surface area contributed by atoms with Crippen LogP contribution in [-0.4, -0.2) is 16.7 Å². The molecule has 3 rings (SSSR count). The molecule has 0 spiro atoms. The molecule has 0 aliphatic carbocycles. The highest BCUT2D eigenvalue weighted by atomic mass is 35.5. The molecule has 0 bridgehead atoms. The Kier molecular flexibility index (Phi) is 3.53. The van der Waals surface area contributed by atoms with E-state index in [0.29, 0.717) is 24.1 Å². The van der Waals surface area contributed by atoms with Gasteiger partial charge in [0.25, 0.3) is 0 Å². The molecule has 1 saturated heterocycles. The zero-order chi connectivity index (χ0) is 13.2. The normalized spacial score (nSPS) is 22.8. The molecule has 1 fully saturated rings. The average molecular weight is 278 g/mol. The van der Waals surface area contributed by atoms with Crippen LogP contribution in [0.1, 0.15) is 36.7 Å². The fraction of sp³-hybridized carbons (Fsp3) is 0.429. The molecule has 0 amide bonds. The van der Waals surface area contributed by atoms with Gasteiger partial charge in [-0.15, -0.1) is 0 Å². The van der Waals surface area contributed by atoms with Crippen molar-refractivity contribution in [2.24, 2.45) is 5.92 Å². The van der Waals surface area contributed by atoms with Crippen LogP contribution in [-0.2, 0) is 6.42 Å². The first-order chi connectivity index (χ1) is 9.24. The quantitative estimate of drug-likeness (QED) is 0.937. The topological polar surface area (TPSA) is 51.0 Å². The Hall–Kier alpha value is -1.39. The summed E-state index contributed by atoms with van der Waals surface area (Å²) in [6.45, 7) is 3.21. The Morgan fingerprint density at radius 2 is 2.26 bits per heavy atom. The molecule has 1 aliphatic heterocycles. The molecule has 0 radical (unpaired) electrons. The van der Waals surface area contributed by atoms with Crippen molar-refractivity contribution >= 4 is 11.6 Å². The molecule has 1 aliphatic rings. The first-order valence-corrected chi connectivity index (χ1v) is 6.91. The van der Waals surface area contributed by atoms with Crippen LogP contribution >= 0.6 is 11.6 Å². The lowest BCUT2D eigenvalue weighted by Crippen LogP contribution is -2.16. The van der Waals surface area contributed by atoms with E-state index < -0.39 is 0 Å². The molecule has 0 saturated carbocycles. The number of hydrogen-bond acceptors (Lipinski definition) is 4. The number of rotatable bonds is 3. The van der Waals surface area contributed by atoms with Crippen molar-refractivity contribution in [2.45, 2.75) is 25.8 Å². The predicted octanol–water partition coefficient (Wildman–Crippen LogP) is 2.98. The van der Waals surface area contributed by atoms with Gasteiger partial charge in [-0.05, 0) is 30.5 Å². The van der Waals surface area contributed by atoms with Crippen molar-refractivity contribution in [2.75, 3.05) is 6.54 Å². The average Bonchev–Trinajstić information content (AvgIpc) is 3.01. The monoisotopic (exact) mass is 277 g/mol. The summed E-state index contributed by atoms with van der Waals surface area (Å²) in [4.78, 5) is 4.48. The van der Waals surface area contributed by atoms with Gasteiger partial charge in [-0.25, -0.2) is 0 Å². The number of benzene rings is 1. The summed E-state index contributed by atoms with van der Waals surface area (Å²) in [6.07, 6.45) is 1.75. The van der Waals surface area contributed by atoms with E-state index >= 15 is 0 Å². The van der Waals surface area contributed by atoms with Crippen LogP contribution in [0.4, 0.5) is 0 Å². The van der Waals surface area contributed by atoms with Crippen LogP contribution < -0.4 is 5.32 Å². The molecule has 2 atom stereocenters. The first kappa shape index (κ1) is 12.6. The number of nitrogens with one attached hydrogen (secondary N) is 1. The van der Waals surface area contributed by atoms with E-state index in [1.165, 1.54) is 0 Å².